The summed E-state index contributed by atoms with van der Waals surface area (Å²) >= 11 is 17.8. The number of halogens is 3. The third-order valence-corrected chi connectivity index (χ3v) is 4.36. The fourth-order valence-electron chi connectivity index (χ4n) is 1.99. The van der Waals surface area contributed by atoms with Crippen LogP contribution in [0.3, 0.4) is 0 Å². The van der Waals surface area contributed by atoms with Crippen molar-refractivity contribution in [1.29, 1.82) is 0 Å². The summed E-state index contributed by atoms with van der Waals surface area (Å²) in [6.45, 7) is 2.81. The summed E-state index contributed by atoms with van der Waals surface area (Å²) in [7, 11) is 0. The average molecular weight is 417 g/mol. The van der Waals surface area contributed by atoms with E-state index in [1.54, 1.807) is 37.3 Å². The smallest absolute Gasteiger partial charge is 0.347 e. The molecule has 0 aliphatic rings. The highest BCUT2D eigenvalue weighted by molar-refractivity contribution is 6.35. The number of carbonyl (C=O) groups excluding carboxylic acids is 2. The van der Waals surface area contributed by atoms with Gasteiger partial charge in [-0.3, -0.25) is 4.79 Å². The summed E-state index contributed by atoms with van der Waals surface area (Å²) in [5, 5.41) is 3.88. The first-order valence-corrected chi connectivity index (χ1v) is 8.74. The lowest BCUT2D eigenvalue weighted by Crippen LogP contribution is -2.30. The summed E-state index contributed by atoms with van der Waals surface area (Å²) in [6.07, 6.45) is -0.950. The number of rotatable bonds is 6. The van der Waals surface area contributed by atoms with Crippen LogP contribution in [0.1, 0.15) is 12.5 Å². The molecule has 0 aliphatic carbocycles. The van der Waals surface area contributed by atoms with Gasteiger partial charge >= 0.3 is 5.97 Å². The molecule has 0 saturated heterocycles. The van der Waals surface area contributed by atoms with Crippen molar-refractivity contribution in [3.8, 4) is 5.75 Å². The molecule has 0 aromatic heterocycles. The van der Waals surface area contributed by atoms with Crippen molar-refractivity contribution in [3.63, 3.8) is 0 Å². The average Bonchev–Trinajstić information content (AvgIpc) is 2.59. The molecule has 1 N–H and O–H groups in total. The lowest BCUT2D eigenvalue weighted by Gasteiger charge is -2.15. The van der Waals surface area contributed by atoms with Crippen LogP contribution >= 0.6 is 34.8 Å². The lowest BCUT2D eigenvalue weighted by atomic mass is 10.2. The van der Waals surface area contributed by atoms with Gasteiger partial charge < -0.3 is 14.8 Å². The Labute approximate surface area is 166 Å². The Balaban J connectivity index is 1.87. The van der Waals surface area contributed by atoms with Crippen LogP contribution < -0.4 is 10.1 Å². The summed E-state index contributed by atoms with van der Waals surface area (Å²) in [4.78, 5) is 23.9. The van der Waals surface area contributed by atoms with Crippen molar-refractivity contribution in [1.82, 2.24) is 0 Å². The minimum Gasteiger partial charge on any atom is -0.477 e. The van der Waals surface area contributed by atoms with E-state index in [0.29, 0.717) is 21.5 Å². The molecule has 0 spiro atoms. The molecule has 138 valence electrons. The molecule has 26 heavy (non-hydrogen) atoms. The van der Waals surface area contributed by atoms with E-state index in [1.807, 2.05) is 0 Å². The first kappa shape index (κ1) is 20.4. The van der Waals surface area contributed by atoms with Gasteiger partial charge in [-0.15, -0.1) is 0 Å². The SMILES string of the molecule is Cc1c(Cl)cccc1NC(=O)COC(=O)[C@@H](C)Oc1ccc(Cl)cc1Cl. The Morgan fingerprint density at radius 2 is 1.85 bits per heavy atom. The van der Waals surface area contributed by atoms with Gasteiger partial charge in [0.15, 0.2) is 12.7 Å². The molecule has 0 aliphatic heterocycles. The maximum atomic E-state index is 12.0. The Kier molecular flexibility index (Phi) is 7.14. The Hall–Kier alpha value is -1.95. The largest absolute Gasteiger partial charge is 0.477 e. The monoisotopic (exact) mass is 415 g/mol. The zero-order valence-corrected chi connectivity index (χ0v) is 16.3. The Morgan fingerprint density at radius 1 is 1.12 bits per heavy atom. The van der Waals surface area contributed by atoms with Gasteiger partial charge in [-0.2, -0.15) is 0 Å². The van der Waals surface area contributed by atoms with Crippen molar-refractivity contribution in [2.24, 2.45) is 0 Å². The fraction of sp³-hybridized carbons (Fsp3) is 0.222. The summed E-state index contributed by atoms with van der Waals surface area (Å²) < 4.78 is 10.4. The van der Waals surface area contributed by atoms with Crippen molar-refractivity contribution in [2.75, 3.05) is 11.9 Å². The van der Waals surface area contributed by atoms with E-state index in [2.05, 4.69) is 5.32 Å². The molecular formula is C18H16Cl3NO4. The second kappa shape index (κ2) is 9.12. The van der Waals surface area contributed by atoms with Crippen molar-refractivity contribution in [3.05, 3.63) is 57.0 Å². The predicted octanol–water partition coefficient (Wildman–Crippen LogP) is 4.90. The maximum Gasteiger partial charge on any atom is 0.347 e. The molecule has 0 saturated carbocycles. The van der Waals surface area contributed by atoms with Crippen molar-refractivity contribution >= 4 is 52.4 Å². The maximum absolute atomic E-state index is 12.0. The minimum absolute atomic E-state index is 0.270. The first-order chi connectivity index (χ1) is 12.3. The van der Waals surface area contributed by atoms with Gasteiger partial charge in [0.25, 0.3) is 5.91 Å². The topological polar surface area (TPSA) is 64.6 Å². The third kappa shape index (κ3) is 5.53. The molecule has 2 aromatic carbocycles. The molecule has 0 unspecified atom stereocenters. The lowest BCUT2D eigenvalue weighted by molar-refractivity contribution is -0.153. The van der Waals surface area contributed by atoms with Crippen LogP contribution in [-0.4, -0.2) is 24.6 Å². The molecule has 0 bridgehead atoms. The number of hydrogen-bond acceptors (Lipinski definition) is 4. The van der Waals surface area contributed by atoms with Crippen LogP contribution in [0, 0.1) is 6.92 Å². The molecule has 8 heteroatoms. The van der Waals surface area contributed by atoms with E-state index in [0.717, 1.165) is 5.56 Å². The van der Waals surface area contributed by atoms with Crippen LogP contribution in [0.15, 0.2) is 36.4 Å². The van der Waals surface area contributed by atoms with Gasteiger partial charge in [0.05, 0.1) is 5.02 Å². The quantitative estimate of drug-likeness (QED) is 0.680. The number of carbonyl (C=O) groups is 2. The summed E-state index contributed by atoms with van der Waals surface area (Å²) in [5.41, 5.74) is 1.28. The summed E-state index contributed by atoms with van der Waals surface area (Å²) in [6, 6.07) is 9.76. The molecule has 1 amide bonds. The van der Waals surface area contributed by atoms with E-state index in [-0.39, 0.29) is 5.02 Å². The highest BCUT2D eigenvalue weighted by Crippen LogP contribution is 2.28. The van der Waals surface area contributed by atoms with E-state index in [4.69, 9.17) is 44.3 Å². The molecule has 5 nitrogen and oxygen atoms in total. The van der Waals surface area contributed by atoms with Gasteiger partial charge in [0.1, 0.15) is 5.75 Å². The highest BCUT2D eigenvalue weighted by Gasteiger charge is 2.19. The van der Waals surface area contributed by atoms with Gasteiger partial charge in [0.2, 0.25) is 0 Å². The number of ether oxygens (including phenoxy) is 2. The number of nitrogens with one attached hydrogen (secondary N) is 1. The molecule has 2 aromatic rings. The molecule has 2 rings (SSSR count). The standard InChI is InChI=1S/C18H16Cl3NO4/c1-10-13(20)4-3-5-15(10)22-17(23)9-25-18(24)11(2)26-16-7-6-12(19)8-14(16)21/h3-8,11H,9H2,1-2H3,(H,22,23)/t11-/m1/s1. The van der Waals surface area contributed by atoms with Crippen molar-refractivity contribution < 1.29 is 19.1 Å². The van der Waals surface area contributed by atoms with Gasteiger partial charge in [-0.05, 0) is 49.7 Å². The minimum atomic E-state index is -0.950. The van der Waals surface area contributed by atoms with E-state index in [9.17, 15) is 9.59 Å². The number of anilines is 1. The van der Waals surface area contributed by atoms with Crippen LogP contribution in [0.25, 0.3) is 0 Å². The third-order valence-electron chi connectivity index (χ3n) is 3.42. The second-order valence-corrected chi connectivity index (χ2v) is 6.65. The molecule has 1 atom stereocenters. The Morgan fingerprint density at radius 3 is 2.54 bits per heavy atom. The van der Waals surface area contributed by atoms with Crippen LogP contribution in [-0.2, 0) is 14.3 Å². The summed E-state index contributed by atoms with van der Waals surface area (Å²) in [5.74, 6) is -0.894. The zero-order chi connectivity index (χ0) is 19.3. The van der Waals surface area contributed by atoms with Crippen LogP contribution in [0.4, 0.5) is 5.69 Å². The number of benzene rings is 2. The normalized spacial score (nSPS) is 11.6. The molecule has 0 fully saturated rings. The van der Waals surface area contributed by atoms with Gasteiger partial charge in [-0.1, -0.05) is 40.9 Å². The fourth-order valence-corrected chi connectivity index (χ4v) is 2.62. The molecular weight excluding hydrogens is 401 g/mol. The van der Waals surface area contributed by atoms with E-state index < -0.39 is 24.6 Å². The number of esters is 1. The van der Waals surface area contributed by atoms with Crippen molar-refractivity contribution in [2.45, 2.75) is 20.0 Å². The highest BCUT2D eigenvalue weighted by atomic mass is 35.5. The number of hydrogen-bond donors (Lipinski definition) is 1. The van der Waals surface area contributed by atoms with Crippen LogP contribution in [0.2, 0.25) is 15.1 Å². The first-order valence-electron chi connectivity index (χ1n) is 7.61. The van der Waals surface area contributed by atoms with E-state index in [1.165, 1.54) is 13.0 Å². The zero-order valence-electron chi connectivity index (χ0n) is 14.0. The Bertz CT molecular complexity index is 826. The predicted molar refractivity (Wildman–Crippen MR) is 102 cm³/mol. The van der Waals surface area contributed by atoms with Gasteiger partial charge in [-0.25, -0.2) is 4.79 Å². The second-order valence-electron chi connectivity index (χ2n) is 5.40. The molecule has 0 heterocycles. The molecule has 0 radical (unpaired) electrons. The van der Waals surface area contributed by atoms with E-state index >= 15 is 0 Å². The van der Waals surface area contributed by atoms with Gasteiger partial charge in [0, 0.05) is 15.7 Å². The van der Waals surface area contributed by atoms with Crippen LogP contribution in [0.5, 0.6) is 5.75 Å². The number of amides is 1.